The molecule has 2 N–H and O–H groups in total. The first kappa shape index (κ1) is 15.9. The number of nitrogens with zero attached hydrogens (tertiary/aromatic N) is 1. The SMILES string of the molecule is COc1ccc(CCNC(=O)N2CCC(CO)C2)c(Cl)c1. The Labute approximate surface area is 129 Å². The van der Waals surface area contributed by atoms with Gasteiger partial charge < -0.3 is 20.1 Å². The van der Waals surface area contributed by atoms with Crippen molar-refractivity contribution in [3.63, 3.8) is 0 Å². The number of ether oxygens (including phenoxy) is 1. The topological polar surface area (TPSA) is 61.8 Å². The Morgan fingerprint density at radius 3 is 3.00 bits per heavy atom. The number of methoxy groups -OCH3 is 1. The van der Waals surface area contributed by atoms with Crippen molar-refractivity contribution < 1.29 is 14.6 Å². The van der Waals surface area contributed by atoms with Crippen molar-refractivity contribution in [1.82, 2.24) is 10.2 Å². The predicted molar refractivity (Wildman–Crippen MR) is 81.9 cm³/mol. The van der Waals surface area contributed by atoms with Gasteiger partial charge in [0, 0.05) is 37.2 Å². The number of carbonyl (C=O) groups is 1. The van der Waals surface area contributed by atoms with E-state index in [1.807, 2.05) is 12.1 Å². The molecule has 116 valence electrons. The van der Waals surface area contributed by atoms with E-state index in [1.54, 1.807) is 18.1 Å². The Hall–Kier alpha value is -1.46. The minimum absolute atomic E-state index is 0.0735. The fourth-order valence-corrected chi connectivity index (χ4v) is 2.70. The summed E-state index contributed by atoms with van der Waals surface area (Å²) in [5.74, 6) is 0.937. The predicted octanol–water partition coefficient (Wildman–Crippen LogP) is 1.91. The average molecular weight is 313 g/mol. The van der Waals surface area contributed by atoms with Crippen LogP contribution in [0.5, 0.6) is 5.75 Å². The summed E-state index contributed by atoms with van der Waals surface area (Å²) in [4.78, 5) is 13.7. The molecule has 1 aromatic carbocycles. The molecule has 1 fully saturated rings. The number of amides is 2. The van der Waals surface area contributed by atoms with Crippen molar-refractivity contribution in [3.8, 4) is 5.75 Å². The minimum Gasteiger partial charge on any atom is -0.497 e. The summed E-state index contributed by atoms with van der Waals surface area (Å²) >= 11 is 6.16. The molecule has 1 atom stereocenters. The third kappa shape index (κ3) is 4.25. The quantitative estimate of drug-likeness (QED) is 0.873. The number of likely N-dealkylation sites (tertiary alicyclic amines) is 1. The van der Waals surface area contributed by atoms with Gasteiger partial charge in [-0.15, -0.1) is 0 Å². The van der Waals surface area contributed by atoms with Crippen molar-refractivity contribution in [2.75, 3.05) is 33.4 Å². The summed E-state index contributed by atoms with van der Waals surface area (Å²) in [5.41, 5.74) is 0.979. The lowest BCUT2D eigenvalue weighted by molar-refractivity contribution is 0.198. The number of carbonyl (C=O) groups excluding carboxylic acids is 1. The van der Waals surface area contributed by atoms with Crippen molar-refractivity contribution >= 4 is 17.6 Å². The molecule has 2 amide bonds. The van der Waals surface area contributed by atoms with Gasteiger partial charge in [-0.1, -0.05) is 17.7 Å². The first-order valence-corrected chi connectivity index (χ1v) is 7.48. The van der Waals surface area contributed by atoms with Crippen molar-refractivity contribution in [1.29, 1.82) is 0 Å². The third-order valence-electron chi connectivity index (χ3n) is 3.76. The summed E-state index contributed by atoms with van der Waals surface area (Å²) in [6.07, 6.45) is 1.54. The molecule has 0 bridgehead atoms. The van der Waals surface area contributed by atoms with Gasteiger partial charge in [-0.2, -0.15) is 0 Å². The second-order valence-electron chi connectivity index (χ2n) is 5.22. The van der Waals surface area contributed by atoms with Gasteiger partial charge in [0.2, 0.25) is 0 Å². The lowest BCUT2D eigenvalue weighted by Gasteiger charge is -2.17. The van der Waals surface area contributed by atoms with Gasteiger partial charge in [-0.3, -0.25) is 0 Å². The van der Waals surface area contributed by atoms with Gasteiger partial charge in [-0.25, -0.2) is 4.79 Å². The van der Waals surface area contributed by atoms with Gasteiger partial charge in [0.1, 0.15) is 5.75 Å². The first-order chi connectivity index (χ1) is 10.1. The van der Waals surface area contributed by atoms with Crippen LogP contribution >= 0.6 is 11.6 Å². The Balaban J connectivity index is 1.78. The van der Waals surface area contributed by atoms with Gasteiger partial charge >= 0.3 is 6.03 Å². The number of halogens is 1. The molecule has 0 saturated carbocycles. The fraction of sp³-hybridized carbons (Fsp3) is 0.533. The van der Waals surface area contributed by atoms with Crippen LogP contribution in [-0.4, -0.2) is 49.4 Å². The fourth-order valence-electron chi connectivity index (χ4n) is 2.44. The number of nitrogens with one attached hydrogen (secondary N) is 1. The summed E-state index contributed by atoms with van der Waals surface area (Å²) in [6.45, 7) is 2.02. The maximum atomic E-state index is 12.0. The molecule has 2 rings (SSSR count). The Morgan fingerprint density at radius 2 is 2.38 bits per heavy atom. The van der Waals surface area contributed by atoms with E-state index in [4.69, 9.17) is 21.4 Å². The summed E-state index contributed by atoms with van der Waals surface area (Å²) in [6, 6.07) is 5.46. The number of hydrogen-bond donors (Lipinski definition) is 2. The molecule has 1 unspecified atom stereocenters. The van der Waals surface area contributed by atoms with E-state index in [2.05, 4.69) is 5.32 Å². The number of aliphatic hydroxyl groups is 1. The molecule has 6 heteroatoms. The molecule has 21 heavy (non-hydrogen) atoms. The highest BCUT2D eigenvalue weighted by atomic mass is 35.5. The zero-order valence-corrected chi connectivity index (χ0v) is 12.9. The molecule has 1 heterocycles. The third-order valence-corrected chi connectivity index (χ3v) is 4.11. The molecule has 0 aliphatic carbocycles. The van der Waals surface area contributed by atoms with Crippen LogP contribution in [0.3, 0.4) is 0 Å². The van der Waals surface area contributed by atoms with Crippen LogP contribution in [-0.2, 0) is 6.42 Å². The highest BCUT2D eigenvalue weighted by molar-refractivity contribution is 6.31. The molecule has 1 saturated heterocycles. The Bertz CT molecular complexity index is 496. The highest BCUT2D eigenvalue weighted by Crippen LogP contribution is 2.22. The Kier molecular flexibility index (Phi) is 5.70. The van der Waals surface area contributed by atoms with Gasteiger partial charge in [-0.05, 0) is 30.5 Å². The van der Waals surface area contributed by atoms with Crippen molar-refractivity contribution in [2.45, 2.75) is 12.8 Å². The molecule has 1 aromatic rings. The van der Waals surface area contributed by atoms with E-state index in [1.165, 1.54) is 0 Å². The molecule has 0 aromatic heterocycles. The van der Waals surface area contributed by atoms with Crippen LogP contribution in [0.15, 0.2) is 18.2 Å². The van der Waals surface area contributed by atoms with E-state index in [0.717, 1.165) is 17.7 Å². The highest BCUT2D eigenvalue weighted by Gasteiger charge is 2.25. The summed E-state index contributed by atoms with van der Waals surface area (Å²) < 4.78 is 5.10. The zero-order chi connectivity index (χ0) is 15.2. The first-order valence-electron chi connectivity index (χ1n) is 7.10. The molecule has 0 radical (unpaired) electrons. The molecular formula is C15H21ClN2O3. The van der Waals surface area contributed by atoms with E-state index in [-0.39, 0.29) is 18.6 Å². The summed E-state index contributed by atoms with van der Waals surface area (Å²) in [5, 5.41) is 12.6. The second kappa shape index (κ2) is 7.52. The maximum Gasteiger partial charge on any atom is 0.317 e. The maximum absolute atomic E-state index is 12.0. The molecular weight excluding hydrogens is 292 g/mol. The van der Waals surface area contributed by atoms with E-state index >= 15 is 0 Å². The minimum atomic E-state index is -0.0735. The van der Waals surface area contributed by atoms with Crippen molar-refractivity contribution in [2.24, 2.45) is 5.92 Å². The van der Waals surface area contributed by atoms with Crippen LogP contribution in [0, 0.1) is 5.92 Å². The van der Waals surface area contributed by atoms with Gasteiger partial charge in [0.15, 0.2) is 0 Å². The number of hydrogen-bond acceptors (Lipinski definition) is 3. The molecule has 5 nitrogen and oxygen atoms in total. The zero-order valence-electron chi connectivity index (χ0n) is 12.1. The second-order valence-corrected chi connectivity index (χ2v) is 5.63. The number of benzene rings is 1. The number of urea groups is 1. The summed E-state index contributed by atoms with van der Waals surface area (Å²) in [7, 11) is 1.60. The number of aliphatic hydroxyl groups excluding tert-OH is 1. The number of rotatable bonds is 5. The van der Waals surface area contributed by atoms with E-state index < -0.39 is 0 Å². The van der Waals surface area contributed by atoms with E-state index in [0.29, 0.717) is 31.1 Å². The molecule has 1 aliphatic heterocycles. The monoisotopic (exact) mass is 312 g/mol. The van der Waals surface area contributed by atoms with Crippen LogP contribution in [0.4, 0.5) is 4.79 Å². The van der Waals surface area contributed by atoms with Crippen LogP contribution in [0.25, 0.3) is 0 Å². The standard InChI is InChI=1S/C15H21ClN2O3/c1-21-13-3-2-12(14(16)8-13)4-6-17-15(20)18-7-5-11(9-18)10-19/h2-3,8,11,19H,4-7,9-10H2,1H3,(H,17,20). The Morgan fingerprint density at radius 1 is 1.57 bits per heavy atom. The lowest BCUT2D eigenvalue weighted by Crippen LogP contribution is -2.39. The molecule has 0 spiro atoms. The van der Waals surface area contributed by atoms with Crippen molar-refractivity contribution in [3.05, 3.63) is 28.8 Å². The van der Waals surface area contributed by atoms with E-state index in [9.17, 15) is 4.79 Å². The van der Waals surface area contributed by atoms with Gasteiger partial charge in [0.25, 0.3) is 0 Å². The van der Waals surface area contributed by atoms with Crippen LogP contribution < -0.4 is 10.1 Å². The van der Waals surface area contributed by atoms with Gasteiger partial charge in [0.05, 0.1) is 7.11 Å². The largest absolute Gasteiger partial charge is 0.497 e. The molecule has 1 aliphatic rings. The van der Waals surface area contributed by atoms with Crippen LogP contribution in [0.2, 0.25) is 5.02 Å². The average Bonchev–Trinajstić information content (AvgIpc) is 2.97. The lowest BCUT2D eigenvalue weighted by atomic mass is 10.1. The van der Waals surface area contributed by atoms with Crippen LogP contribution in [0.1, 0.15) is 12.0 Å². The smallest absolute Gasteiger partial charge is 0.317 e. The normalized spacial score (nSPS) is 17.9.